The summed E-state index contributed by atoms with van der Waals surface area (Å²) in [6, 6.07) is 5.28. The number of nitrogens with zero attached hydrogens (tertiary/aromatic N) is 2. The molecular weight excluding hydrogens is 263 g/mol. The summed E-state index contributed by atoms with van der Waals surface area (Å²) in [5, 5.41) is 0. The summed E-state index contributed by atoms with van der Waals surface area (Å²) in [4.78, 5) is 4.62. The highest BCUT2D eigenvalue weighted by atomic mass is 35.5. The molecule has 4 heteroatoms. The van der Waals surface area contributed by atoms with Crippen molar-refractivity contribution < 1.29 is 4.39 Å². The minimum Gasteiger partial charge on any atom is -0.325 e. The standard InChI is InChI=1S/C15H18ClFN2/c1-10-2-4-12(8-10)19-14-9-11(17)3-5-13(14)18-15(19)6-7-16/h3,5,9-10,12H,2,4,6-8H2,1H3. The van der Waals surface area contributed by atoms with Gasteiger partial charge in [0.2, 0.25) is 0 Å². The van der Waals surface area contributed by atoms with Gasteiger partial charge in [-0.1, -0.05) is 6.92 Å². The van der Waals surface area contributed by atoms with Gasteiger partial charge < -0.3 is 4.57 Å². The summed E-state index contributed by atoms with van der Waals surface area (Å²) in [6.45, 7) is 2.28. The SMILES string of the molecule is CC1CCC(n2c(CCCl)nc3ccc(F)cc32)C1. The van der Waals surface area contributed by atoms with Gasteiger partial charge in [0.05, 0.1) is 11.0 Å². The van der Waals surface area contributed by atoms with E-state index in [-0.39, 0.29) is 5.82 Å². The second-order valence-electron chi connectivity index (χ2n) is 5.54. The van der Waals surface area contributed by atoms with Gasteiger partial charge in [-0.15, -0.1) is 11.6 Å². The molecule has 2 nitrogen and oxygen atoms in total. The summed E-state index contributed by atoms with van der Waals surface area (Å²) in [5.41, 5.74) is 1.79. The fourth-order valence-electron chi connectivity index (χ4n) is 3.20. The maximum atomic E-state index is 13.5. The van der Waals surface area contributed by atoms with Gasteiger partial charge in [-0.25, -0.2) is 9.37 Å². The average molecular weight is 281 g/mol. The third-order valence-electron chi connectivity index (χ3n) is 4.07. The van der Waals surface area contributed by atoms with Crippen LogP contribution in [0.4, 0.5) is 4.39 Å². The molecule has 0 saturated heterocycles. The van der Waals surface area contributed by atoms with Crippen LogP contribution in [-0.2, 0) is 6.42 Å². The van der Waals surface area contributed by atoms with Crippen molar-refractivity contribution >= 4 is 22.6 Å². The molecule has 0 radical (unpaired) electrons. The molecule has 2 unspecified atom stereocenters. The van der Waals surface area contributed by atoms with Gasteiger partial charge in [-0.2, -0.15) is 0 Å². The summed E-state index contributed by atoms with van der Waals surface area (Å²) < 4.78 is 15.7. The molecule has 2 aromatic rings. The highest BCUT2D eigenvalue weighted by Crippen LogP contribution is 2.37. The Morgan fingerprint density at radius 1 is 1.42 bits per heavy atom. The van der Waals surface area contributed by atoms with Crippen LogP contribution in [-0.4, -0.2) is 15.4 Å². The van der Waals surface area contributed by atoms with Crippen LogP contribution < -0.4 is 0 Å². The molecule has 0 aliphatic heterocycles. The van der Waals surface area contributed by atoms with E-state index in [0.717, 1.165) is 42.0 Å². The van der Waals surface area contributed by atoms with Gasteiger partial charge in [0.25, 0.3) is 0 Å². The van der Waals surface area contributed by atoms with E-state index in [0.29, 0.717) is 11.9 Å². The summed E-state index contributed by atoms with van der Waals surface area (Å²) in [5.74, 6) is 2.08. The zero-order chi connectivity index (χ0) is 13.4. The maximum Gasteiger partial charge on any atom is 0.125 e. The van der Waals surface area contributed by atoms with Gasteiger partial charge in [0.1, 0.15) is 11.6 Å². The lowest BCUT2D eigenvalue weighted by Gasteiger charge is -2.16. The van der Waals surface area contributed by atoms with E-state index >= 15 is 0 Å². The van der Waals surface area contributed by atoms with Crippen molar-refractivity contribution in [3.63, 3.8) is 0 Å². The first-order valence-electron chi connectivity index (χ1n) is 6.91. The number of aryl methyl sites for hydroxylation is 1. The summed E-state index contributed by atoms with van der Waals surface area (Å²) in [7, 11) is 0. The van der Waals surface area contributed by atoms with Crippen molar-refractivity contribution in [3.05, 3.63) is 29.8 Å². The van der Waals surface area contributed by atoms with Crippen LogP contribution in [0.25, 0.3) is 11.0 Å². The molecule has 1 fully saturated rings. The number of benzene rings is 1. The van der Waals surface area contributed by atoms with Gasteiger partial charge in [0, 0.05) is 18.3 Å². The highest BCUT2D eigenvalue weighted by Gasteiger charge is 2.26. The predicted octanol–water partition coefficient (Wildman–Crippen LogP) is 4.32. The van der Waals surface area contributed by atoms with Gasteiger partial charge in [-0.05, 0) is 43.4 Å². The van der Waals surface area contributed by atoms with Crippen LogP contribution in [0.15, 0.2) is 18.2 Å². The van der Waals surface area contributed by atoms with Crippen LogP contribution in [0.1, 0.15) is 38.1 Å². The van der Waals surface area contributed by atoms with Crippen molar-refractivity contribution in [1.29, 1.82) is 0 Å². The third-order valence-corrected chi connectivity index (χ3v) is 4.26. The molecule has 102 valence electrons. The average Bonchev–Trinajstić information content (AvgIpc) is 2.93. The molecule has 0 bridgehead atoms. The Kier molecular flexibility index (Phi) is 3.48. The number of imidazole rings is 1. The number of alkyl halides is 1. The summed E-state index contributed by atoms with van der Waals surface area (Å²) >= 11 is 5.87. The minimum absolute atomic E-state index is 0.197. The monoisotopic (exact) mass is 280 g/mol. The molecule has 2 atom stereocenters. The van der Waals surface area contributed by atoms with Gasteiger partial charge >= 0.3 is 0 Å². The molecule has 1 saturated carbocycles. The van der Waals surface area contributed by atoms with Gasteiger partial charge in [0.15, 0.2) is 0 Å². The predicted molar refractivity (Wildman–Crippen MR) is 76.2 cm³/mol. The Balaban J connectivity index is 2.12. The van der Waals surface area contributed by atoms with Crippen LogP contribution >= 0.6 is 11.6 Å². The zero-order valence-corrected chi connectivity index (χ0v) is 11.8. The number of rotatable bonds is 3. The highest BCUT2D eigenvalue weighted by molar-refractivity contribution is 6.17. The first-order chi connectivity index (χ1) is 9.19. The Morgan fingerprint density at radius 2 is 2.26 bits per heavy atom. The molecule has 0 amide bonds. The molecule has 1 heterocycles. The molecule has 0 spiro atoms. The third kappa shape index (κ3) is 2.36. The number of halogens is 2. The maximum absolute atomic E-state index is 13.5. The van der Waals surface area contributed by atoms with Crippen LogP contribution in [0.2, 0.25) is 0 Å². The molecule has 1 aromatic heterocycles. The Bertz CT molecular complexity index is 593. The lowest BCUT2D eigenvalue weighted by atomic mass is 10.1. The second-order valence-corrected chi connectivity index (χ2v) is 5.92. The van der Waals surface area contributed by atoms with Crippen molar-refractivity contribution in [2.45, 2.75) is 38.6 Å². The van der Waals surface area contributed by atoms with Gasteiger partial charge in [-0.3, -0.25) is 0 Å². The largest absolute Gasteiger partial charge is 0.325 e. The Morgan fingerprint density at radius 3 is 2.95 bits per heavy atom. The fourth-order valence-corrected chi connectivity index (χ4v) is 3.36. The normalized spacial score (nSPS) is 23.3. The van der Waals surface area contributed by atoms with Crippen molar-refractivity contribution in [3.8, 4) is 0 Å². The topological polar surface area (TPSA) is 17.8 Å². The smallest absolute Gasteiger partial charge is 0.125 e. The van der Waals surface area contributed by atoms with E-state index < -0.39 is 0 Å². The molecule has 3 rings (SSSR count). The van der Waals surface area contributed by atoms with Crippen LogP contribution in [0, 0.1) is 11.7 Å². The van der Waals surface area contributed by atoms with E-state index in [4.69, 9.17) is 11.6 Å². The quantitative estimate of drug-likeness (QED) is 0.766. The molecule has 1 aliphatic rings. The van der Waals surface area contributed by atoms with Crippen molar-refractivity contribution in [2.75, 3.05) is 5.88 Å². The number of aromatic nitrogens is 2. The van der Waals surface area contributed by atoms with Crippen molar-refractivity contribution in [1.82, 2.24) is 9.55 Å². The van der Waals surface area contributed by atoms with E-state index in [9.17, 15) is 4.39 Å². The zero-order valence-electron chi connectivity index (χ0n) is 11.1. The number of fused-ring (bicyclic) bond motifs is 1. The lowest BCUT2D eigenvalue weighted by Crippen LogP contribution is -2.10. The van der Waals surface area contributed by atoms with E-state index in [1.807, 2.05) is 0 Å². The van der Waals surface area contributed by atoms with E-state index in [1.54, 1.807) is 12.1 Å². The first kappa shape index (κ1) is 12.9. The fraction of sp³-hybridized carbons (Fsp3) is 0.533. The molecule has 1 aliphatic carbocycles. The minimum atomic E-state index is -0.197. The first-order valence-corrected chi connectivity index (χ1v) is 7.45. The second kappa shape index (κ2) is 5.12. The molecular formula is C15H18ClFN2. The molecule has 19 heavy (non-hydrogen) atoms. The van der Waals surface area contributed by atoms with E-state index in [1.165, 1.54) is 12.5 Å². The Hall–Kier alpha value is -1.09. The lowest BCUT2D eigenvalue weighted by molar-refractivity contribution is 0.489. The van der Waals surface area contributed by atoms with Crippen molar-refractivity contribution in [2.24, 2.45) is 5.92 Å². The Labute approximate surface area is 117 Å². The molecule has 0 N–H and O–H groups in total. The summed E-state index contributed by atoms with van der Waals surface area (Å²) in [6.07, 6.45) is 4.28. The van der Waals surface area contributed by atoms with E-state index in [2.05, 4.69) is 16.5 Å². The number of hydrogen-bond acceptors (Lipinski definition) is 1. The molecule has 1 aromatic carbocycles. The van der Waals surface area contributed by atoms with Crippen LogP contribution in [0.3, 0.4) is 0 Å². The van der Waals surface area contributed by atoms with Crippen LogP contribution in [0.5, 0.6) is 0 Å². The number of hydrogen-bond donors (Lipinski definition) is 0.